The molecule has 1 aromatic heterocycles. The first kappa shape index (κ1) is 15.4. The number of aromatic nitrogens is 2. The molecule has 0 atom stereocenters. The molecule has 1 aromatic carbocycles. The minimum atomic E-state index is -3.71. The van der Waals surface area contributed by atoms with E-state index in [9.17, 15) is 8.42 Å². The van der Waals surface area contributed by atoms with Crippen molar-refractivity contribution >= 4 is 21.4 Å². The average Bonchev–Trinajstić information content (AvgIpc) is 2.76. The van der Waals surface area contributed by atoms with Gasteiger partial charge in [0, 0.05) is 18.4 Å². The van der Waals surface area contributed by atoms with Crippen LogP contribution < -0.4 is 10.5 Å². The maximum absolute atomic E-state index is 12.5. The lowest BCUT2D eigenvalue weighted by atomic mass is 10.1. The molecule has 0 aliphatic carbocycles. The maximum Gasteiger partial charge on any atom is 0.280 e. The Balaban J connectivity index is 2.42. The molecule has 0 aliphatic heterocycles. The predicted octanol–water partition coefficient (Wildman–Crippen LogP) is 2.21. The number of imidazole rings is 1. The van der Waals surface area contributed by atoms with E-state index in [0.29, 0.717) is 23.7 Å². The van der Waals surface area contributed by atoms with Gasteiger partial charge in [-0.2, -0.15) is 8.42 Å². The Morgan fingerprint density at radius 1 is 1.24 bits per heavy atom. The largest absolute Gasteiger partial charge is 0.399 e. The molecule has 0 aliphatic rings. The van der Waals surface area contributed by atoms with Crippen LogP contribution in [0.2, 0.25) is 0 Å². The quantitative estimate of drug-likeness (QED) is 0.847. The minimum Gasteiger partial charge on any atom is -0.399 e. The van der Waals surface area contributed by atoms with Gasteiger partial charge < -0.3 is 10.3 Å². The van der Waals surface area contributed by atoms with E-state index in [-0.39, 0.29) is 5.03 Å². The van der Waals surface area contributed by atoms with Crippen LogP contribution in [0.1, 0.15) is 23.9 Å². The standard InChI is InChI=1S/C14H20N4O2S/c1-5-18-8-13(16-11(18)4)21(19,20)17-14-9(2)6-12(15)7-10(14)3/h6-8,17H,5,15H2,1-4H3. The van der Waals surface area contributed by atoms with Crippen molar-refractivity contribution in [2.75, 3.05) is 10.5 Å². The first-order chi connectivity index (χ1) is 9.74. The number of sulfonamides is 1. The van der Waals surface area contributed by atoms with Gasteiger partial charge in [-0.1, -0.05) is 0 Å². The van der Waals surface area contributed by atoms with E-state index in [4.69, 9.17) is 5.73 Å². The van der Waals surface area contributed by atoms with Gasteiger partial charge in [-0.15, -0.1) is 0 Å². The molecular weight excluding hydrogens is 288 g/mol. The van der Waals surface area contributed by atoms with Crippen molar-refractivity contribution in [1.82, 2.24) is 9.55 Å². The van der Waals surface area contributed by atoms with Crippen LogP contribution in [0.5, 0.6) is 0 Å². The molecule has 0 unspecified atom stereocenters. The molecule has 2 aromatic rings. The van der Waals surface area contributed by atoms with E-state index in [1.54, 1.807) is 29.8 Å². The van der Waals surface area contributed by atoms with Crippen molar-refractivity contribution in [2.24, 2.45) is 0 Å². The SMILES string of the molecule is CCn1cc(S(=O)(=O)Nc2c(C)cc(N)cc2C)nc1C. The van der Waals surface area contributed by atoms with E-state index in [1.807, 2.05) is 20.8 Å². The molecule has 0 saturated carbocycles. The van der Waals surface area contributed by atoms with Crippen molar-refractivity contribution in [3.05, 3.63) is 35.3 Å². The Morgan fingerprint density at radius 3 is 2.29 bits per heavy atom. The summed E-state index contributed by atoms with van der Waals surface area (Å²) in [5.74, 6) is 0.670. The Bertz CT molecular complexity index is 755. The number of aryl methyl sites for hydroxylation is 4. The summed E-state index contributed by atoms with van der Waals surface area (Å²) in [4.78, 5) is 4.11. The fourth-order valence-corrected chi connectivity index (χ4v) is 3.49. The molecule has 0 radical (unpaired) electrons. The van der Waals surface area contributed by atoms with Gasteiger partial charge in [-0.3, -0.25) is 4.72 Å². The van der Waals surface area contributed by atoms with Crippen molar-refractivity contribution in [2.45, 2.75) is 39.3 Å². The summed E-state index contributed by atoms with van der Waals surface area (Å²) in [5.41, 5.74) is 8.47. The van der Waals surface area contributed by atoms with Crippen LogP contribution in [0.4, 0.5) is 11.4 Å². The second kappa shape index (κ2) is 5.40. The number of hydrogen-bond acceptors (Lipinski definition) is 4. The molecule has 7 heteroatoms. The Kier molecular flexibility index (Phi) is 3.95. The average molecular weight is 308 g/mol. The van der Waals surface area contributed by atoms with Crippen LogP contribution in [0.15, 0.2) is 23.4 Å². The molecule has 114 valence electrons. The second-order valence-corrected chi connectivity index (χ2v) is 6.68. The lowest BCUT2D eigenvalue weighted by Gasteiger charge is -2.13. The number of hydrogen-bond donors (Lipinski definition) is 2. The smallest absolute Gasteiger partial charge is 0.280 e. The van der Waals surface area contributed by atoms with E-state index >= 15 is 0 Å². The van der Waals surface area contributed by atoms with Crippen LogP contribution in [0.3, 0.4) is 0 Å². The van der Waals surface area contributed by atoms with Crippen LogP contribution in [0.25, 0.3) is 0 Å². The number of benzene rings is 1. The number of nitrogens with zero attached hydrogens (tertiary/aromatic N) is 2. The third-order valence-electron chi connectivity index (χ3n) is 3.36. The molecule has 1 heterocycles. The van der Waals surface area contributed by atoms with Gasteiger partial charge in [0.1, 0.15) is 5.82 Å². The summed E-state index contributed by atoms with van der Waals surface area (Å²) >= 11 is 0. The number of nitrogens with one attached hydrogen (secondary N) is 1. The molecule has 0 fully saturated rings. The zero-order chi connectivity index (χ0) is 15.8. The molecule has 0 amide bonds. The highest BCUT2D eigenvalue weighted by Crippen LogP contribution is 2.26. The minimum absolute atomic E-state index is 0.0254. The third-order valence-corrected chi connectivity index (χ3v) is 4.58. The van der Waals surface area contributed by atoms with Gasteiger partial charge in [0.25, 0.3) is 10.0 Å². The molecular formula is C14H20N4O2S. The Hall–Kier alpha value is -2.02. The maximum atomic E-state index is 12.5. The van der Waals surface area contributed by atoms with Gasteiger partial charge in [-0.05, 0) is 51.0 Å². The highest BCUT2D eigenvalue weighted by Gasteiger charge is 2.20. The monoisotopic (exact) mass is 308 g/mol. The van der Waals surface area contributed by atoms with Gasteiger partial charge in [0.2, 0.25) is 0 Å². The van der Waals surface area contributed by atoms with Crippen LogP contribution in [-0.4, -0.2) is 18.0 Å². The normalized spacial score (nSPS) is 11.6. The zero-order valence-electron chi connectivity index (χ0n) is 12.6. The fourth-order valence-electron chi connectivity index (χ4n) is 2.27. The van der Waals surface area contributed by atoms with Gasteiger partial charge in [0.15, 0.2) is 5.03 Å². The topological polar surface area (TPSA) is 90.0 Å². The third kappa shape index (κ3) is 3.02. The fraction of sp³-hybridized carbons (Fsp3) is 0.357. The first-order valence-electron chi connectivity index (χ1n) is 6.68. The summed E-state index contributed by atoms with van der Waals surface area (Å²) in [5, 5.41) is 0.0254. The predicted molar refractivity (Wildman–Crippen MR) is 83.8 cm³/mol. The van der Waals surface area contributed by atoms with Crippen LogP contribution in [-0.2, 0) is 16.6 Å². The first-order valence-corrected chi connectivity index (χ1v) is 8.16. The number of anilines is 2. The molecule has 6 nitrogen and oxygen atoms in total. The molecule has 3 N–H and O–H groups in total. The molecule has 0 saturated heterocycles. The number of rotatable bonds is 4. The van der Waals surface area contributed by atoms with Crippen molar-refractivity contribution in [1.29, 1.82) is 0 Å². The molecule has 2 rings (SSSR count). The number of nitrogen functional groups attached to an aromatic ring is 1. The van der Waals surface area contributed by atoms with E-state index in [1.165, 1.54) is 0 Å². The van der Waals surface area contributed by atoms with Crippen molar-refractivity contribution in [3.63, 3.8) is 0 Å². The second-order valence-electron chi connectivity index (χ2n) is 5.05. The lowest BCUT2D eigenvalue weighted by molar-refractivity contribution is 0.598. The summed E-state index contributed by atoms with van der Waals surface area (Å²) in [6, 6.07) is 3.47. The van der Waals surface area contributed by atoms with Crippen LogP contribution in [0, 0.1) is 20.8 Å². The van der Waals surface area contributed by atoms with Gasteiger partial charge in [0.05, 0.1) is 5.69 Å². The molecule has 0 bridgehead atoms. The van der Waals surface area contributed by atoms with Gasteiger partial charge in [-0.25, -0.2) is 4.98 Å². The Labute approximate surface area is 125 Å². The van der Waals surface area contributed by atoms with Crippen molar-refractivity contribution in [3.8, 4) is 0 Å². The molecule has 21 heavy (non-hydrogen) atoms. The lowest BCUT2D eigenvalue weighted by Crippen LogP contribution is -2.15. The summed E-state index contributed by atoms with van der Waals surface area (Å²) in [6.07, 6.45) is 1.54. The molecule has 0 spiro atoms. The van der Waals surface area contributed by atoms with Gasteiger partial charge >= 0.3 is 0 Å². The Morgan fingerprint density at radius 2 is 1.81 bits per heavy atom. The summed E-state index contributed by atoms with van der Waals surface area (Å²) in [7, 11) is -3.71. The zero-order valence-corrected chi connectivity index (χ0v) is 13.5. The van der Waals surface area contributed by atoms with E-state index < -0.39 is 10.0 Å². The summed E-state index contributed by atoms with van der Waals surface area (Å²) < 4.78 is 29.3. The summed E-state index contributed by atoms with van der Waals surface area (Å²) in [6.45, 7) is 8.03. The highest BCUT2D eigenvalue weighted by molar-refractivity contribution is 7.92. The van der Waals surface area contributed by atoms with E-state index in [0.717, 1.165) is 11.1 Å². The van der Waals surface area contributed by atoms with Crippen LogP contribution >= 0.6 is 0 Å². The van der Waals surface area contributed by atoms with E-state index in [2.05, 4.69) is 9.71 Å². The highest BCUT2D eigenvalue weighted by atomic mass is 32.2. The number of nitrogens with two attached hydrogens (primary N) is 1. The van der Waals surface area contributed by atoms with Crippen molar-refractivity contribution < 1.29 is 8.42 Å².